The summed E-state index contributed by atoms with van der Waals surface area (Å²) in [6, 6.07) is 18.4. The second-order valence-corrected chi connectivity index (χ2v) is 6.51. The molecule has 0 aliphatic rings. The zero-order valence-electron chi connectivity index (χ0n) is 13.6. The Kier molecular flexibility index (Phi) is 6.81. The quantitative estimate of drug-likeness (QED) is 0.755. The van der Waals surface area contributed by atoms with E-state index in [1.54, 1.807) is 0 Å². The standard InChI is InChI=1S/C19H23BrN2O/c1-3-18(16-9-11-17(20)12-10-16)21-13-19(23)22-14(2)15-7-5-4-6-8-15/h4-12,14,18,21H,3,13H2,1-2H3,(H,22,23)/t14-,18+/m1/s1. The van der Waals surface area contributed by atoms with Crippen molar-refractivity contribution >= 4 is 21.8 Å². The molecule has 0 radical (unpaired) electrons. The van der Waals surface area contributed by atoms with Crippen molar-refractivity contribution in [1.82, 2.24) is 10.6 Å². The number of amides is 1. The molecular formula is C19H23BrN2O. The van der Waals surface area contributed by atoms with Crippen LogP contribution in [0.2, 0.25) is 0 Å². The van der Waals surface area contributed by atoms with Gasteiger partial charge in [0, 0.05) is 10.5 Å². The summed E-state index contributed by atoms with van der Waals surface area (Å²) in [4.78, 5) is 12.2. The van der Waals surface area contributed by atoms with E-state index in [2.05, 4.69) is 45.6 Å². The Labute approximate surface area is 146 Å². The number of hydrogen-bond donors (Lipinski definition) is 2. The van der Waals surface area contributed by atoms with E-state index in [0.717, 1.165) is 16.5 Å². The van der Waals surface area contributed by atoms with Crippen molar-refractivity contribution in [1.29, 1.82) is 0 Å². The fourth-order valence-electron chi connectivity index (χ4n) is 2.53. The maximum Gasteiger partial charge on any atom is 0.234 e. The molecule has 0 unspecified atom stereocenters. The van der Waals surface area contributed by atoms with Crippen LogP contribution in [0.4, 0.5) is 0 Å². The zero-order valence-corrected chi connectivity index (χ0v) is 15.1. The van der Waals surface area contributed by atoms with E-state index in [9.17, 15) is 4.79 Å². The Hall–Kier alpha value is -1.65. The van der Waals surface area contributed by atoms with E-state index < -0.39 is 0 Å². The molecule has 0 aliphatic carbocycles. The van der Waals surface area contributed by atoms with Crippen LogP contribution in [0, 0.1) is 0 Å². The molecule has 1 amide bonds. The van der Waals surface area contributed by atoms with E-state index in [-0.39, 0.29) is 18.0 Å². The highest BCUT2D eigenvalue weighted by Crippen LogP contribution is 2.19. The van der Waals surface area contributed by atoms with Crippen LogP contribution in [0.25, 0.3) is 0 Å². The fourth-order valence-corrected chi connectivity index (χ4v) is 2.79. The van der Waals surface area contributed by atoms with Crippen molar-refractivity contribution in [2.75, 3.05) is 6.54 Å². The predicted octanol–water partition coefficient (Wildman–Crippen LogP) is 4.37. The minimum absolute atomic E-state index is 0.0110. The monoisotopic (exact) mass is 374 g/mol. The molecule has 23 heavy (non-hydrogen) atoms. The molecule has 0 spiro atoms. The minimum Gasteiger partial charge on any atom is -0.348 e. The van der Waals surface area contributed by atoms with E-state index in [1.165, 1.54) is 5.56 Å². The first kappa shape index (κ1) is 17.7. The third kappa shape index (κ3) is 5.48. The van der Waals surface area contributed by atoms with Gasteiger partial charge < -0.3 is 10.6 Å². The molecule has 0 fully saturated rings. The van der Waals surface area contributed by atoms with Crippen molar-refractivity contribution in [3.05, 3.63) is 70.2 Å². The number of carbonyl (C=O) groups excluding carboxylic acids is 1. The highest BCUT2D eigenvalue weighted by atomic mass is 79.9. The van der Waals surface area contributed by atoms with Crippen LogP contribution in [0.1, 0.15) is 43.5 Å². The van der Waals surface area contributed by atoms with Crippen molar-refractivity contribution in [3.63, 3.8) is 0 Å². The summed E-state index contributed by atoms with van der Waals surface area (Å²) in [5, 5.41) is 6.36. The van der Waals surface area contributed by atoms with Gasteiger partial charge in [0.1, 0.15) is 0 Å². The molecule has 0 bridgehead atoms. The molecular weight excluding hydrogens is 352 g/mol. The number of benzene rings is 2. The molecule has 122 valence electrons. The summed E-state index contributed by atoms with van der Waals surface area (Å²) < 4.78 is 1.06. The predicted molar refractivity (Wildman–Crippen MR) is 98.2 cm³/mol. The van der Waals surface area contributed by atoms with Gasteiger partial charge in [0.05, 0.1) is 12.6 Å². The molecule has 0 aromatic heterocycles. The minimum atomic E-state index is 0.0110. The van der Waals surface area contributed by atoms with Crippen LogP contribution < -0.4 is 10.6 Å². The van der Waals surface area contributed by atoms with Gasteiger partial charge in [-0.1, -0.05) is 65.3 Å². The third-order valence-corrected chi connectivity index (χ3v) is 4.40. The molecule has 0 aliphatic heterocycles. The third-order valence-electron chi connectivity index (χ3n) is 3.87. The molecule has 0 heterocycles. The summed E-state index contributed by atoms with van der Waals surface area (Å²) in [7, 11) is 0. The lowest BCUT2D eigenvalue weighted by molar-refractivity contribution is -0.121. The fraction of sp³-hybridized carbons (Fsp3) is 0.316. The zero-order chi connectivity index (χ0) is 16.7. The molecule has 2 rings (SSSR count). The highest BCUT2D eigenvalue weighted by Gasteiger charge is 2.13. The lowest BCUT2D eigenvalue weighted by atomic mass is 10.0. The van der Waals surface area contributed by atoms with Gasteiger partial charge in [-0.25, -0.2) is 0 Å². The Morgan fingerprint density at radius 1 is 1.04 bits per heavy atom. The van der Waals surface area contributed by atoms with Gasteiger partial charge in [0.25, 0.3) is 0 Å². The van der Waals surface area contributed by atoms with Crippen molar-refractivity contribution < 1.29 is 4.79 Å². The summed E-state index contributed by atoms with van der Waals surface area (Å²) in [6.45, 7) is 4.43. The van der Waals surface area contributed by atoms with Gasteiger partial charge in [-0.3, -0.25) is 4.79 Å². The smallest absolute Gasteiger partial charge is 0.234 e. The van der Waals surface area contributed by atoms with Gasteiger partial charge >= 0.3 is 0 Å². The van der Waals surface area contributed by atoms with Crippen LogP contribution in [-0.4, -0.2) is 12.5 Å². The van der Waals surface area contributed by atoms with E-state index >= 15 is 0 Å². The topological polar surface area (TPSA) is 41.1 Å². The summed E-state index contributed by atoms with van der Waals surface area (Å²) in [6.07, 6.45) is 0.934. The number of rotatable bonds is 7. The molecule has 4 heteroatoms. The summed E-state index contributed by atoms with van der Waals surface area (Å²) in [5.41, 5.74) is 2.31. The Morgan fingerprint density at radius 3 is 2.30 bits per heavy atom. The van der Waals surface area contributed by atoms with Crippen LogP contribution >= 0.6 is 15.9 Å². The van der Waals surface area contributed by atoms with Crippen molar-refractivity contribution in [2.24, 2.45) is 0 Å². The molecule has 3 nitrogen and oxygen atoms in total. The van der Waals surface area contributed by atoms with E-state index in [4.69, 9.17) is 0 Å². The van der Waals surface area contributed by atoms with E-state index in [1.807, 2.05) is 49.4 Å². The summed E-state index contributed by atoms with van der Waals surface area (Å²) >= 11 is 3.44. The van der Waals surface area contributed by atoms with Gasteiger partial charge in [-0.05, 0) is 36.6 Å². The SMILES string of the molecule is CC[C@H](NCC(=O)N[C@H](C)c1ccccc1)c1ccc(Br)cc1. The summed E-state index contributed by atoms with van der Waals surface area (Å²) in [5.74, 6) is 0.0110. The number of hydrogen-bond acceptors (Lipinski definition) is 2. The average molecular weight is 375 g/mol. The first-order chi connectivity index (χ1) is 11.1. The second-order valence-electron chi connectivity index (χ2n) is 5.59. The largest absolute Gasteiger partial charge is 0.348 e. The molecule has 2 aromatic carbocycles. The van der Waals surface area contributed by atoms with Crippen molar-refractivity contribution in [3.8, 4) is 0 Å². The van der Waals surface area contributed by atoms with Crippen LogP contribution in [0.3, 0.4) is 0 Å². The Bertz CT molecular complexity index is 613. The maximum atomic E-state index is 12.2. The van der Waals surface area contributed by atoms with Crippen LogP contribution in [-0.2, 0) is 4.79 Å². The van der Waals surface area contributed by atoms with Crippen molar-refractivity contribution in [2.45, 2.75) is 32.4 Å². The number of nitrogens with one attached hydrogen (secondary N) is 2. The van der Waals surface area contributed by atoms with Crippen LogP contribution in [0.15, 0.2) is 59.1 Å². The lowest BCUT2D eigenvalue weighted by Crippen LogP contribution is -2.36. The molecule has 2 N–H and O–H groups in total. The maximum absolute atomic E-state index is 12.2. The molecule has 0 saturated heterocycles. The van der Waals surface area contributed by atoms with Gasteiger partial charge in [-0.15, -0.1) is 0 Å². The number of carbonyl (C=O) groups is 1. The van der Waals surface area contributed by atoms with Gasteiger partial charge in [-0.2, -0.15) is 0 Å². The van der Waals surface area contributed by atoms with Crippen LogP contribution in [0.5, 0.6) is 0 Å². The lowest BCUT2D eigenvalue weighted by Gasteiger charge is -2.19. The number of halogens is 1. The first-order valence-corrected chi connectivity index (χ1v) is 8.72. The highest BCUT2D eigenvalue weighted by molar-refractivity contribution is 9.10. The van der Waals surface area contributed by atoms with Gasteiger partial charge in [0.2, 0.25) is 5.91 Å². The molecule has 2 atom stereocenters. The van der Waals surface area contributed by atoms with Gasteiger partial charge in [0.15, 0.2) is 0 Å². The Balaban J connectivity index is 1.86. The molecule has 2 aromatic rings. The second kappa shape index (κ2) is 8.85. The van der Waals surface area contributed by atoms with E-state index in [0.29, 0.717) is 6.54 Å². The first-order valence-electron chi connectivity index (χ1n) is 7.93. The average Bonchev–Trinajstić information content (AvgIpc) is 2.57. The molecule has 0 saturated carbocycles. The Morgan fingerprint density at radius 2 is 1.70 bits per heavy atom. The normalized spacial score (nSPS) is 13.3.